The second-order valence-corrected chi connectivity index (χ2v) is 8.64. The van der Waals surface area contributed by atoms with Crippen molar-refractivity contribution in [2.75, 3.05) is 26.7 Å². The van der Waals surface area contributed by atoms with E-state index in [1.165, 1.54) is 43.4 Å². The molecule has 4 rings (SSSR count). The van der Waals surface area contributed by atoms with Gasteiger partial charge in [-0.05, 0) is 42.8 Å². The molecule has 0 saturated heterocycles. The first-order chi connectivity index (χ1) is 18.6. The van der Waals surface area contributed by atoms with E-state index in [0.29, 0.717) is 6.42 Å². The van der Waals surface area contributed by atoms with Crippen LogP contribution >= 0.6 is 0 Å². The number of benzene rings is 2. The molecular weight excluding hydrogens is 510 g/mol. The molecule has 0 radical (unpaired) electrons. The van der Waals surface area contributed by atoms with Gasteiger partial charge in [0.15, 0.2) is 0 Å². The van der Waals surface area contributed by atoms with Gasteiger partial charge in [-0.3, -0.25) is 29.0 Å². The Kier molecular flexibility index (Phi) is 7.75. The first-order valence-electron chi connectivity index (χ1n) is 12.0. The maximum absolute atomic E-state index is 13.1. The van der Waals surface area contributed by atoms with Gasteiger partial charge in [-0.25, -0.2) is 9.59 Å². The Morgan fingerprint density at radius 1 is 0.923 bits per heavy atom. The van der Waals surface area contributed by atoms with Crippen molar-refractivity contribution in [1.82, 2.24) is 15.1 Å². The lowest BCUT2D eigenvalue weighted by atomic mass is 10.1. The molecule has 1 atom stereocenters. The van der Waals surface area contributed by atoms with Crippen molar-refractivity contribution in [2.24, 2.45) is 0 Å². The number of ether oxygens (including phenoxy) is 3. The summed E-state index contributed by atoms with van der Waals surface area (Å²) in [5.41, 5.74) is 0.781. The molecule has 0 bridgehead atoms. The largest absolute Gasteiger partial charge is 0.461 e. The highest BCUT2D eigenvalue weighted by molar-refractivity contribution is 6.22. The van der Waals surface area contributed by atoms with E-state index in [0.717, 1.165) is 15.9 Å². The van der Waals surface area contributed by atoms with Crippen LogP contribution in [0.3, 0.4) is 0 Å². The molecule has 2 aromatic carbocycles. The van der Waals surface area contributed by atoms with E-state index in [4.69, 9.17) is 14.2 Å². The standard InChI is InChI=1S/C27H25N3O9/c1-4-15(39-27(36)28-10-11-37-22(31)5-2)14-30-25(34)19-9-7-17(13-21(19)26(30)35)38-16-6-8-18-20(12-16)24(33)29(3)23(18)32/h5-9,12-13,15H,2,4,10-11,14H2,1,3H3,(H,28,36). The molecule has 202 valence electrons. The molecule has 2 aliphatic rings. The van der Waals surface area contributed by atoms with Gasteiger partial charge in [-0.2, -0.15) is 0 Å². The van der Waals surface area contributed by atoms with Crippen molar-refractivity contribution < 1.29 is 43.0 Å². The van der Waals surface area contributed by atoms with Crippen molar-refractivity contribution in [2.45, 2.75) is 19.4 Å². The molecule has 0 fully saturated rings. The van der Waals surface area contributed by atoms with Crippen molar-refractivity contribution in [3.8, 4) is 11.5 Å². The minimum Gasteiger partial charge on any atom is -0.461 e. The van der Waals surface area contributed by atoms with Crippen LogP contribution in [0.1, 0.15) is 54.8 Å². The zero-order chi connectivity index (χ0) is 28.3. The minimum absolute atomic E-state index is 0.00995. The second kappa shape index (κ2) is 11.2. The third-order valence-corrected chi connectivity index (χ3v) is 6.14. The molecular formula is C27H25N3O9. The molecule has 0 aliphatic carbocycles. The van der Waals surface area contributed by atoms with Gasteiger partial charge >= 0.3 is 12.1 Å². The van der Waals surface area contributed by atoms with Crippen molar-refractivity contribution in [3.63, 3.8) is 0 Å². The predicted octanol–water partition coefficient (Wildman–Crippen LogP) is 2.53. The van der Waals surface area contributed by atoms with Crippen LogP contribution in [0.15, 0.2) is 49.1 Å². The zero-order valence-electron chi connectivity index (χ0n) is 21.2. The van der Waals surface area contributed by atoms with Crippen LogP contribution in [0.5, 0.6) is 11.5 Å². The first kappa shape index (κ1) is 27.0. The monoisotopic (exact) mass is 535 g/mol. The lowest BCUT2D eigenvalue weighted by Gasteiger charge is -2.21. The molecule has 1 N–H and O–H groups in total. The number of carbonyl (C=O) groups excluding carboxylic acids is 6. The molecule has 0 aromatic heterocycles. The van der Waals surface area contributed by atoms with Crippen LogP contribution in [-0.2, 0) is 14.3 Å². The maximum atomic E-state index is 13.1. The Morgan fingerprint density at radius 3 is 2.10 bits per heavy atom. The van der Waals surface area contributed by atoms with Crippen molar-refractivity contribution in [1.29, 1.82) is 0 Å². The molecule has 12 heteroatoms. The average Bonchev–Trinajstić information content (AvgIpc) is 3.29. The number of hydrogen-bond acceptors (Lipinski definition) is 9. The Balaban J connectivity index is 1.39. The Morgan fingerprint density at radius 2 is 1.49 bits per heavy atom. The number of rotatable bonds is 10. The highest BCUT2D eigenvalue weighted by atomic mass is 16.6. The number of nitrogens with zero attached hydrogens (tertiary/aromatic N) is 2. The zero-order valence-corrected chi connectivity index (χ0v) is 21.2. The molecule has 12 nitrogen and oxygen atoms in total. The fourth-order valence-electron chi connectivity index (χ4n) is 4.05. The van der Waals surface area contributed by atoms with Crippen molar-refractivity contribution in [3.05, 3.63) is 71.3 Å². The van der Waals surface area contributed by atoms with Crippen LogP contribution in [0, 0.1) is 0 Å². The lowest BCUT2D eigenvalue weighted by Crippen LogP contribution is -2.40. The maximum Gasteiger partial charge on any atom is 0.407 e. The fourth-order valence-corrected chi connectivity index (χ4v) is 4.05. The van der Waals surface area contributed by atoms with Gasteiger partial charge in [-0.15, -0.1) is 0 Å². The van der Waals surface area contributed by atoms with Gasteiger partial charge in [0.2, 0.25) is 0 Å². The quantitative estimate of drug-likeness (QED) is 0.210. The smallest absolute Gasteiger partial charge is 0.407 e. The number of imide groups is 2. The molecule has 2 aromatic rings. The molecule has 1 unspecified atom stereocenters. The summed E-state index contributed by atoms with van der Waals surface area (Å²) in [4.78, 5) is 75.5. The number of alkyl carbamates (subject to hydrolysis) is 1. The van der Waals surface area contributed by atoms with E-state index < -0.39 is 41.8 Å². The minimum atomic E-state index is -0.787. The summed E-state index contributed by atoms with van der Waals surface area (Å²) in [6.45, 7) is 4.78. The Labute approximate surface area is 223 Å². The third kappa shape index (κ3) is 5.49. The SMILES string of the molecule is C=CC(=O)OCCNC(=O)OC(CC)CN1C(=O)c2ccc(Oc3ccc4c(c3)C(=O)N(C)C4=O)cc2C1=O. The van der Waals surface area contributed by atoms with Gasteiger partial charge < -0.3 is 19.5 Å². The topological polar surface area (TPSA) is 149 Å². The molecule has 5 amide bonds. The van der Waals surface area contributed by atoms with Crippen LogP contribution in [0.2, 0.25) is 0 Å². The lowest BCUT2D eigenvalue weighted by molar-refractivity contribution is -0.137. The van der Waals surface area contributed by atoms with E-state index in [1.54, 1.807) is 6.92 Å². The van der Waals surface area contributed by atoms with Crippen LogP contribution in [0.25, 0.3) is 0 Å². The van der Waals surface area contributed by atoms with E-state index in [2.05, 4.69) is 11.9 Å². The average molecular weight is 536 g/mol. The summed E-state index contributed by atoms with van der Waals surface area (Å²) in [6, 6.07) is 8.87. The van der Waals surface area contributed by atoms with Gasteiger partial charge in [0, 0.05) is 13.1 Å². The molecule has 2 heterocycles. The second-order valence-electron chi connectivity index (χ2n) is 8.64. The number of fused-ring (bicyclic) bond motifs is 2. The summed E-state index contributed by atoms with van der Waals surface area (Å²) in [5.74, 6) is -2.04. The molecule has 0 spiro atoms. The number of carbonyl (C=O) groups is 6. The van der Waals surface area contributed by atoms with Crippen LogP contribution in [-0.4, -0.2) is 78.3 Å². The first-order valence-corrected chi connectivity index (χ1v) is 12.0. The fraction of sp³-hybridized carbons (Fsp3) is 0.259. The summed E-state index contributed by atoms with van der Waals surface area (Å²) in [7, 11) is 1.39. The molecule has 0 saturated carbocycles. The van der Waals surface area contributed by atoms with E-state index in [9.17, 15) is 28.8 Å². The van der Waals surface area contributed by atoms with Gasteiger partial charge in [-0.1, -0.05) is 13.5 Å². The summed E-state index contributed by atoms with van der Waals surface area (Å²) < 4.78 is 15.9. The number of esters is 1. The number of amides is 5. The number of nitrogens with one attached hydrogen (secondary N) is 1. The van der Waals surface area contributed by atoms with Gasteiger partial charge in [0.1, 0.15) is 24.2 Å². The normalized spacial score (nSPS) is 14.6. The summed E-state index contributed by atoms with van der Waals surface area (Å²) in [5, 5.41) is 2.43. The molecule has 2 aliphatic heterocycles. The number of hydrogen-bond donors (Lipinski definition) is 1. The highest BCUT2D eigenvalue weighted by Gasteiger charge is 2.38. The molecule has 39 heavy (non-hydrogen) atoms. The Hall–Kier alpha value is -5.00. The van der Waals surface area contributed by atoms with Gasteiger partial charge in [0.25, 0.3) is 23.6 Å². The predicted molar refractivity (Wildman–Crippen MR) is 134 cm³/mol. The Bertz CT molecular complexity index is 1400. The van der Waals surface area contributed by atoms with E-state index in [-0.39, 0.29) is 53.4 Å². The van der Waals surface area contributed by atoms with E-state index in [1.807, 2.05) is 0 Å². The van der Waals surface area contributed by atoms with Gasteiger partial charge in [0.05, 0.1) is 35.3 Å². The third-order valence-electron chi connectivity index (χ3n) is 6.14. The van der Waals surface area contributed by atoms with E-state index >= 15 is 0 Å². The van der Waals surface area contributed by atoms with Crippen molar-refractivity contribution >= 4 is 35.7 Å². The summed E-state index contributed by atoms with van der Waals surface area (Å²) in [6.07, 6.45) is -0.234. The van der Waals surface area contributed by atoms with Crippen LogP contribution in [0.4, 0.5) is 4.79 Å². The highest BCUT2D eigenvalue weighted by Crippen LogP contribution is 2.32. The van der Waals surface area contributed by atoms with Crippen LogP contribution < -0.4 is 10.1 Å². The summed E-state index contributed by atoms with van der Waals surface area (Å²) >= 11 is 0.